The largest absolute Gasteiger partial charge is 0.497 e. The summed E-state index contributed by atoms with van der Waals surface area (Å²) < 4.78 is 5.31. The van der Waals surface area contributed by atoms with Crippen molar-refractivity contribution in [3.63, 3.8) is 0 Å². The fourth-order valence-corrected chi connectivity index (χ4v) is 4.41. The van der Waals surface area contributed by atoms with Crippen molar-refractivity contribution in [2.45, 2.75) is 46.1 Å². The molecule has 2 aromatic carbocycles. The average Bonchev–Trinajstić information content (AvgIpc) is 2.80. The van der Waals surface area contributed by atoms with Gasteiger partial charge < -0.3 is 19.9 Å². The Labute approximate surface area is 197 Å². The van der Waals surface area contributed by atoms with Crippen molar-refractivity contribution in [2.24, 2.45) is 0 Å². The summed E-state index contributed by atoms with van der Waals surface area (Å²) in [5.74, 6) is 2.94. The zero-order valence-electron chi connectivity index (χ0n) is 20.6. The van der Waals surface area contributed by atoms with E-state index in [-0.39, 0.29) is 5.54 Å². The first-order chi connectivity index (χ1) is 15.8. The van der Waals surface area contributed by atoms with Crippen LogP contribution in [0.4, 0.5) is 23.1 Å². The zero-order chi connectivity index (χ0) is 23.6. The third-order valence-electron chi connectivity index (χ3n) is 6.40. The van der Waals surface area contributed by atoms with Crippen LogP contribution < -0.4 is 19.9 Å². The minimum Gasteiger partial charge on any atom is -0.497 e. The van der Waals surface area contributed by atoms with Gasteiger partial charge in [0.05, 0.1) is 12.6 Å². The van der Waals surface area contributed by atoms with Crippen molar-refractivity contribution in [1.82, 2.24) is 9.97 Å². The summed E-state index contributed by atoms with van der Waals surface area (Å²) in [6.45, 7) is 13.7. The number of anilines is 4. The number of rotatable bonds is 6. The lowest BCUT2D eigenvalue weighted by atomic mass is 9.98. The number of hydrogen-bond donors (Lipinski definition) is 1. The van der Waals surface area contributed by atoms with Gasteiger partial charge in [-0.05, 0) is 74.2 Å². The minimum absolute atomic E-state index is 0.0676. The highest BCUT2D eigenvalue weighted by molar-refractivity contribution is 5.62. The van der Waals surface area contributed by atoms with Crippen LogP contribution in [0.25, 0.3) is 0 Å². The summed E-state index contributed by atoms with van der Waals surface area (Å²) in [7, 11) is 1.70. The number of aromatic nitrogens is 2. The van der Waals surface area contributed by atoms with Gasteiger partial charge in [-0.15, -0.1) is 0 Å². The van der Waals surface area contributed by atoms with E-state index in [1.54, 1.807) is 7.11 Å². The highest BCUT2D eigenvalue weighted by atomic mass is 16.5. The molecule has 1 saturated heterocycles. The number of ether oxygens (including phenoxy) is 1. The first-order valence-electron chi connectivity index (χ1n) is 11.6. The van der Waals surface area contributed by atoms with E-state index in [1.807, 2.05) is 24.4 Å². The number of nitrogens with zero attached hydrogens (tertiary/aromatic N) is 4. The molecule has 1 aliphatic heterocycles. The van der Waals surface area contributed by atoms with E-state index in [2.05, 4.69) is 85.1 Å². The van der Waals surface area contributed by atoms with Gasteiger partial charge in [0.25, 0.3) is 0 Å². The Morgan fingerprint density at radius 2 is 1.79 bits per heavy atom. The predicted octanol–water partition coefficient (Wildman–Crippen LogP) is 5.77. The first kappa shape index (κ1) is 22.9. The predicted molar refractivity (Wildman–Crippen MR) is 137 cm³/mol. The van der Waals surface area contributed by atoms with Gasteiger partial charge in [-0.3, -0.25) is 0 Å². The van der Waals surface area contributed by atoms with Crippen molar-refractivity contribution in [2.75, 3.05) is 41.9 Å². The third-order valence-corrected chi connectivity index (χ3v) is 6.40. The van der Waals surface area contributed by atoms with Crippen molar-refractivity contribution < 1.29 is 4.74 Å². The molecule has 0 atom stereocenters. The van der Waals surface area contributed by atoms with Crippen molar-refractivity contribution in [1.29, 1.82) is 0 Å². The molecule has 1 N–H and O–H groups in total. The second kappa shape index (κ2) is 9.30. The van der Waals surface area contributed by atoms with Crippen LogP contribution in [0.15, 0.2) is 54.7 Å². The van der Waals surface area contributed by atoms with Crippen LogP contribution in [-0.4, -0.2) is 42.3 Å². The summed E-state index contributed by atoms with van der Waals surface area (Å²) >= 11 is 0. The van der Waals surface area contributed by atoms with Crippen LogP contribution in [0, 0.1) is 6.92 Å². The molecular weight excluding hydrogens is 410 g/mol. The Bertz CT molecular complexity index is 1090. The maximum Gasteiger partial charge on any atom is 0.227 e. The van der Waals surface area contributed by atoms with E-state index >= 15 is 0 Å². The Hall–Kier alpha value is -3.28. The van der Waals surface area contributed by atoms with Gasteiger partial charge in [0.15, 0.2) is 0 Å². The lowest BCUT2D eigenvalue weighted by Crippen LogP contribution is -2.60. The Morgan fingerprint density at radius 1 is 1.03 bits per heavy atom. The molecule has 0 unspecified atom stereocenters. The number of aryl methyl sites for hydroxylation is 1. The first-order valence-corrected chi connectivity index (χ1v) is 11.6. The summed E-state index contributed by atoms with van der Waals surface area (Å²) in [4.78, 5) is 14.2. The van der Waals surface area contributed by atoms with Gasteiger partial charge in [0.2, 0.25) is 5.95 Å². The molecule has 2 heterocycles. The molecule has 1 aromatic heterocycles. The Balaban J connectivity index is 1.51. The smallest absolute Gasteiger partial charge is 0.227 e. The second-order valence-corrected chi connectivity index (χ2v) is 9.68. The molecule has 6 nitrogen and oxygen atoms in total. The standard InChI is InChI=1S/C27H35N5O/c1-19(2)21-8-7-20(3)24(17-21)29-25-13-14-28-26(30-25)31-15-16-32(27(4,5)18-31)22-9-11-23(33-6)12-10-22/h7-14,17,19H,15-16,18H2,1-6H3,(H,28,29,30). The van der Waals surface area contributed by atoms with Crippen LogP contribution in [-0.2, 0) is 0 Å². The lowest BCUT2D eigenvalue weighted by Gasteiger charge is -2.48. The molecule has 3 aromatic rings. The van der Waals surface area contributed by atoms with Crippen LogP contribution in [0.2, 0.25) is 0 Å². The van der Waals surface area contributed by atoms with Crippen LogP contribution in [0.3, 0.4) is 0 Å². The molecule has 0 spiro atoms. The molecule has 0 amide bonds. The normalized spacial score (nSPS) is 15.6. The van der Waals surface area contributed by atoms with E-state index in [0.717, 1.165) is 42.8 Å². The van der Waals surface area contributed by atoms with Gasteiger partial charge in [0, 0.05) is 37.2 Å². The second-order valence-electron chi connectivity index (χ2n) is 9.68. The minimum atomic E-state index is -0.0676. The van der Waals surface area contributed by atoms with Crippen LogP contribution >= 0.6 is 0 Å². The number of hydrogen-bond acceptors (Lipinski definition) is 6. The van der Waals surface area contributed by atoms with Gasteiger partial charge in [-0.25, -0.2) is 4.98 Å². The summed E-state index contributed by atoms with van der Waals surface area (Å²) in [6, 6.07) is 16.8. The monoisotopic (exact) mass is 445 g/mol. The Morgan fingerprint density at radius 3 is 2.45 bits per heavy atom. The lowest BCUT2D eigenvalue weighted by molar-refractivity contribution is 0.408. The summed E-state index contributed by atoms with van der Waals surface area (Å²) in [5, 5.41) is 3.51. The van der Waals surface area contributed by atoms with Crippen molar-refractivity contribution in [3.05, 3.63) is 65.9 Å². The topological polar surface area (TPSA) is 53.5 Å². The van der Waals surface area contributed by atoms with E-state index in [4.69, 9.17) is 9.72 Å². The van der Waals surface area contributed by atoms with E-state index in [1.165, 1.54) is 16.8 Å². The highest BCUT2D eigenvalue weighted by Gasteiger charge is 2.35. The number of benzene rings is 2. The molecule has 1 aliphatic rings. The maximum absolute atomic E-state index is 5.31. The molecule has 0 radical (unpaired) electrons. The fourth-order valence-electron chi connectivity index (χ4n) is 4.41. The van der Waals surface area contributed by atoms with Gasteiger partial charge >= 0.3 is 0 Å². The molecule has 33 heavy (non-hydrogen) atoms. The quantitative estimate of drug-likeness (QED) is 0.520. The van der Waals surface area contributed by atoms with Gasteiger partial charge in [-0.1, -0.05) is 26.0 Å². The van der Waals surface area contributed by atoms with Crippen molar-refractivity contribution >= 4 is 23.1 Å². The molecule has 6 heteroatoms. The third kappa shape index (κ3) is 5.05. The number of methoxy groups -OCH3 is 1. The SMILES string of the molecule is COc1ccc(N2CCN(c3nccc(Nc4cc(C(C)C)ccc4C)n3)CC2(C)C)cc1. The molecule has 0 aliphatic carbocycles. The molecule has 1 fully saturated rings. The van der Waals surface area contributed by atoms with Gasteiger partial charge in [0.1, 0.15) is 11.6 Å². The summed E-state index contributed by atoms with van der Waals surface area (Å²) in [5.41, 5.74) is 4.75. The Kier molecular flexibility index (Phi) is 6.45. The molecule has 0 bridgehead atoms. The van der Waals surface area contributed by atoms with E-state index in [9.17, 15) is 0 Å². The molecule has 0 saturated carbocycles. The van der Waals surface area contributed by atoms with E-state index in [0.29, 0.717) is 5.92 Å². The number of piperazine rings is 1. The van der Waals surface area contributed by atoms with E-state index < -0.39 is 0 Å². The molecule has 4 rings (SSSR count). The fraction of sp³-hybridized carbons (Fsp3) is 0.407. The molecule has 174 valence electrons. The highest BCUT2D eigenvalue weighted by Crippen LogP contribution is 2.31. The van der Waals surface area contributed by atoms with Crippen LogP contribution in [0.1, 0.15) is 44.7 Å². The van der Waals surface area contributed by atoms with Crippen molar-refractivity contribution in [3.8, 4) is 5.75 Å². The summed E-state index contributed by atoms with van der Waals surface area (Å²) in [6.07, 6.45) is 1.84. The average molecular weight is 446 g/mol. The zero-order valence-corrected chi connectivity index (χ0v) is 20.6. The molecular formula is C27H35N5O. The maximum atomic E-state index is 5.31. The van der Waals surface area contributed by atoms with Gasteiger partial charge in [-0.2, -0.15) is 4.98 Å². The number of nitrogens with one attached hydrogen (secondary N) is 1. The van der Waals surface area contributed by atoms with Crippen LogP contribution in [0.5, 0.6) is 5.75 Å².